The molecule has 0 radical (unpaired) electrons. The van der Waals surface area contributed by atoms with Crippen LogP contribution in [0.4, 0.5) is 0 Å². The first-order chi connectivity index (χ1) is 11.2. The lowest BCUT2D eigenvalue weighted by Gasteiger charge is -2.15. The van der Waals surface area contributed by atoms with Gasteiger partial charge in [0.1, 0.15) is 0 Å². The zero-order chi connectivity index (χ0) is 17.8. The van der Waals surface area contributed by atoms with E-state index in [1.54, 1.807) is 0 Å². The van der Waals surface area contributed by atoms with Gasteiger partial charge in [-0.05, 0) is 64.2 Å². The molecular formula is C15H26ClN3O4S2. The average molecular weight is 412 g/mol. The standard InChI is InChI=1S/C15H25N3O4S2.ClH/c1-17(2)11-5-10-16-23(19,20)14-6-8-15(9-7-14)24(21,22)18-12-3-4-13-18;/h6-9,16H,3-5,10-13H2,1-2H3;1H. The topological polar surface area (TPSA) is 86.8 Å². The van der Waals surface area contributed by atoms with Crippen LogP contribution < -0.4 is 4.72 Å². The van der Waals surface area contributed by atoms with Crippen molar-refractivity contribution < 1.29 is 16.8 Å². The minimum Gasteiger partial charge on any atom is -0.309 e. The fraction of sp³-hybridized carbons (Fsp3) is 0.600. The van der Waals surface area contributed by atoms with E-state index < -0.39 is 20.0 Å². The van der Waals surface area contributed by atoms with Crippen molar-refractivity contribution >= 4 is 32.5 Å². The maximum atomic E-state index is 12.4. The molecule has 0 bridgehead atoms. The molecule has 1 aliphatic heterocycles. The lowest BCUT2D eigenvalue weighted by Crippen LogP contribution is -2.28. The van der Waals surface area contributed by atoms with Crippen molar-refractivity contribution in [1.29, 1.82) is 0 Å². The molecule has 7 nitrogen and oxygen atoms in total. The molecular weight excluding hydrogens is 386 g/mol. The average Bonchev–Trinajstić information content (AvgIpc) is 3.07. The number of nitrogens with zero attached hydrogens (tertiary/aromatic N) is 2. The fourth-order valence-electron chi connectivity index (χ4n) is 2.55. The Morgan fingerprint density at radius 1 is 1.00 bits per heavy atom. The molecule has 0 amide bonds. The van der Waals surface area contributed by atoms with Crippen molar-refractivity contribution in [3.05, 3.63) is 24.3 Å². The summed E-state index contributed by atoms with van der Waals surface area (Å²) < 4.78 is 53.2. The van der Waals surface area contributed by atoms with E-state index in [0.29, 0.717) is 26.1 Å². The summed E-state index contributed by atoms with van der Waals surface area (Å²) in [6.07, 6.45) is 2.43. The highest BCUT2D eigenvalue weighted by molar-refractivity contribution is 7.89. The predicted molar refractivity (Wildman–Crippen MR) is 100 cm³/mol. The number of rotatable bonds is 8. The van der Waals surface area contributed by atoms with Gasteiger partial charge in [0.25, 0.3) is 0 Å². The van der Waals surface area contributed by atoms with Crippen LogP contribution in [0.25, 0.3) is 0 Å². The van der Waals surface area contributed by atoms with E-state index in [1.807, 2.05) is 19.0 Å². The van der Waals surface area contributed by atoms with Gasteiger partial charge in [-0.25, -0.2) is 21.6 Å². The van der Waals surface area contributed by atoms with Crippen LogP contribution in [0.15, 0.2) is 34.1 Å². The number of nitrogens with one attached hydrogen (secondary N) is 1. The monoisotopic (exact) mass is 411 g/mol. The van der Waals surface area contributed by atoms with Crippen LogP contribution in [0.2, 0.25) is 0 Å². The largest absolute Gasteiger partial charge is 0.309 e. The molecule has 0 spiro atoms. The molecule has 0 saturated carbocycles. The molecule has 0 unspecified atom stereocenters. The predicted octanol–water partition coefficient (Wildman–Crippen LogP) is 1.12. The lowest BCUT2D eigenvalue weighted by atomic mass is 10.4. The first kappa shape index (κ1) is 22.3. The van der Waals surface area contributed by atoms with E-state index in [9.17, 15) is 16.8 Å². The summed E-state index contributed by atoms with van der Waals surface area (Å²) in [7, 11) is -3.29. The summed E-state index contributed by atoms with van der Waals surface area (Å²) in [4.78, 5) is 2.19. The Balaban J connectivity index is 0.00000312. The molecule has 1 aliphatic rings. The molecule has 0 aromatic heterocycles. The zero-order valence-electron chi connectivity index (χ0n) is 14.5. The second-order valence-electron chi connectivity index (χ2n) is 6.14. The first-order valence-corrected chi connectivity index (χ1v) is 10.9. The van der Waals surface area contributed by atoms with Gasteiger partial charge >= 0.3 is 0 Å². The summed E-state index contributed by atoms with van der Waals surface area (Å²) in [5.41, 5.74) is 0. The van der Waals surface area contributed by atoms with Gasteiger partial charge in [0.15, 0.2) is 0 Å². The van der Waals surface area contributed by atoms with Gasteiger partial charge in [0, 0.05) is 19.6 Å². The third kappa shape index (κ3) is 5.90. The minimum absolute atomic E-state index is 0. The van der Waals surface area contributed by atoms with Crippen molar-refractivity contribution in [3.63, 3.8) is 0 Å². The summed E-state index contributed by atoms with van der Waals surface area (Å²) in [6, 6.07) is 5.42. The number of benzene rings is 1. The molecule has 1 aromatic carbocycles. The quantitative estimate of drug-likeness (QED) is 0.648. The molecule has 25 heavy (non-hydrogen) atoms. The van der Waals surface area contributed by atoms with Gasteiger partial charge < -0.3 is 4.90 Å². The van der Waals surface area contributed by atoms with Crippen molar-refractivity contribution in [2.75, 3.05) is 40.3 Å². The van der Waals surface area contributed by atoms with Gasteiger partial charge in [0.2, 0.25) is 20.0 Å². The van der Waals surface area contributed by atoms with E-state index in [1.165, 1.54) is 28.6 Å². The Kier molecular flexibility index (Phi) is 8.30. The van der Waals surface area contributed by atoms with Crippen LogP contribution >= 0.6 is 12.4 Å². The molecule has 1 aromatic rings. The summed E-state index contributed by atoms with van der Waals surface area (Å²) in [5.74, 6) is 0. The Morgan fingerprint density at radius 2 is 1.52 bits per heavy atom. The molecule has 1 fully saturated rings. The summed E-state index contributed by atoms with van der Waals surface area (Å²) >= 11 is 0. The second kappa shape index (κ2) is 9.29. The van der Waals surface area contributed by atoms with Crippen LogP contribution in [0.3, 0.4) is 0 Å². The van der Waals surface area contributed by atoms with Gasteiger partial charge in [-0.1, -0.05) is 0 Å². The zero-order valence-corrected chi connectivity index (χ0v) is 17.0. The highest BCUT2D eigenvalue weighted by Gasteiger charge is 2.27. The minimum atomic E-state index is -3.62. The maximum absolute atomic E-state index is 12.4. The number of hydrogen-bond acceptors (Lipinski definition) is 5. The van der Waals surface area contributed by atoms with Crippen molar-refractivity contribution in [2.45, 2.75) is 29.1 Å². The van der Waals surface area contributed by atoms with Crippen molar-refractivity contribution in [2.24, 2.45) is 0 Å². The van der Waals surface area contributed by atoms with Crippen LogP contribution in [0.1, 0.15) is 19.3 Å². The fourth-order valence-corrected chi connectivity index (χ4v) is 5.14. The molecule has 0 aliphatic carbocycles. The second-order valence-corrected chi connectivity index (χ2v) is 9.84. The highest BCUT2D eigenvalue weighted by atomic mass is 35.5. The molecule has 10 heteroatoms. The normalized spacial score (nSPS) is 16.1. The third-order valence-electron chi connectivity index (χ3n) is 3.91. The van der Waals surface area contributed by atoms with E-state index in [2.05, 4.69) is 4.72 Å². The van der Waals surface area contributed by atoms with Gasteiger partial charge in [0.05, 0.1) is 9.79 Å². The molecule has 1 N–H and O–H groups in total. The van der Waals surface area contributed by atoms with E-state index in [4.69, 9.17) is 0 Å². The Hall–Kier alpha value is -0.710. The summed E-state index contributed by atoms with van der Waals surface area (Å²) in [5, 5.41) is 0. The number of hydrogen-bond donors (Lipinski definition) is 1. The molecule has 2 rings (SSSR count). The van der Waals surface area contributed by atoms with Crippen LogP contribution in [0, 0.1) is 0 Å². The van der Waals surface area contributed by atoms with Crippen molar-refractivity contribution in [1.82, 2.24) is 13.9 Å². The molecule has 1 saturated heterocycles. The van der Waals surface area contributed by atoms with Crippen LogP contribution in [-0.2, 0) is 20.0 Å². The van der Waals surface area contributed by atoms with Gasteiger partial charge in [-0.3, -0.25) is 0 Å². The first-order valence-electron chi connectivity index (χ1n) is 7.98. The molecule has 0 atom stereocenters. The van der Waals surface area contributed by atoms with Crippen molar-refractivity contribution in [3.8, 4) is 0 Å². The van der Waals surface area contributed by atoms with E-state index in [-0.39, 0.29) is 22.2 Å². The maximum Gasteiger partial charge on any atom is 0.243 e. The Morgan fingerprint density at radius 3 is 2.04 bits per heavy atom. The number of halogens is 1. The van der Waals surface area contributed by atoms with Crippen LogP contribution in [0.5, 0.6) is 0 Å². The SMILES string of the molecule is CN(C)CCCNS(=O)(=O)c1ccc(S(=O)(=O)N2CCCC2)cc1.Cl. The molecule has 1 heterocycles. The van der Waals surface area contributed by atoms with Crippen LogP contribution in [-0.4, -0.2) is 66.3 Å². The van der Waals surface area contributed by atoms with E-state index >= 15 is 0 Å². The Labute approximate surface area is 156 Å². The van der Waals surface area contributed by atoms with Gasteiger partial charge in [-0.15, -0.1) is 12.4 Å². The summed E-state index contributed by atoms with van der Waals surface area (Å²) in [6.45, 7) is 2.18. The lowest BCUT2D eigenvalue weighted by molar-refractivity contribution is 0.400. The van der Waals surface area contributed by atoms with E-state index in [0.717, 1.165) is 19.4 Å². The Bertz CT molecular complexity index is 743. The number of sulfonamides is 2. The molecule has 144 valence electrons. The van der Waals surface area contributed by atoms with Gasteiger partial charge in [-0.2, -0.15) is 4.31 Å². The smallest absolute Gasteiger partial charge is 0.243 e. The third-order valence-corrected chi connectivity index (χ3v) is 7.30. The highest BCUT2D eigenvalue weighted by Crippen LogP contribution is 2.22.